The number of phenolic OH excluding ortho intramolecular Hbond substituents is 1. The van der Waals surface area contributed by atoms with Crippen molar-refractivity contribution in [3.63, 3.8) is 0 Å². The zero-order chi connectivity index (χ0) is 15.2. The van der Waals surface area contributed by atoms with E-state index in [9.17, 15) is 9.90 Å². The summed E-state index contributed by atoms with van der Waals surface area (Å²) >= 11 is 0. The van der Waals surface area contributed by atoms with E-state index in [0.29, 0.717) is 6.42 Å². The van der Waals surface area contributed by atoms with Gasteiger partial charge in [-0.25, -0.2) is 0 Å². The highest BCUT2D eigenvalue weighted by molar-refractivity contribution is 5.82. The lowest BCUT2D eigenvalue weighted by atomic mass is 10.0. The van der Waals surface area contributed by atoms with Gasteiger partial charge in [-0.3, -0.25) is 4.79 Å². The Balaban J connectivity index is 1.92. The zero-order valence-electron chi connectivity index (χ0n) is 12.0. The molecule has 2 unspecified atom stereocenters. The monoisotopic (exact) mass is 284 g/mol. The van der Waals surface area contributed by atoms with Crippen molar-refractivity contribution in [2.75, 3.05) is 0 Å². The molecule has 0 fully saturated rings. The number of hydrogen-bond acceptors (Lipinski definition) is 3. The first-order valence-corrected chi connectivity index (χ1v) is 6.95. The van der Waals surface area contributed by atoms with Crippen LogP contribution in [-0.4, -0.2) is 17.1 Å². The molecule has 0 heterocycles. The van der Waals surface area contributed by atoms with E-state index in [-0.39, 0.29) is 17.7 Å². The third-order valence-corrected chi connectivity index (χ3v) is 3.39. The van der Waals surface area contributed by atoms with Gasteiger partial charge < -0.3 is 16.2 Å². The van der Waals surface area contributed by atoms with Crippen LogP contribution in [-0.2, 0) is 11.2 Å². The van der Waals surface area contributed by atoms with Gasteiger partial charge in [-0.2, -0.15) is 0 Å². The lowest BCUT2D eigenvalue weighted by molar-refractivity contribution is -0.123. The van der Waals surface area contributed by atoms with Crippen molar-refractivity contribution in [3.05, 3.63) is 65.7 Å². The number of carbonyl (C=O) groups excluding carboxylic acids is 1. The summed E-state index contributed by atoms with van der Waals surface area (Å²) in [5, 5.41) is 12.1. The first-order valence-electron chi connectivity index (χ1n) is 6.95. The summed E-state index contributed by atoms with van der Waals surface area (Å²) in [4.78, 5) is 12.1. The topological polar surface area (TPSA) is 75.4 Å². The summed E-state index contributed by atoms with van der Waals surface area (Å²) in [5.74, 6) is 0.0221. The van der Waals surface area contributed by atoms with E-state index in [4.69, 9.17) is 5.73 Å². The summed E-state index contributed by atoms with van der Waals surface area (Å²) in [7, 11) is 0. The molecule has 0 radical (unpaired) electrons. The maximum atomic E-state index is 12.1. The first kappa shape index (κ1) is 15.1. The highest BCUT2D eigenvalue weighted by Gasteiger charge is 2.16. The highest BCUT2D eigenvalue weighted by atomic mass is 16.3. The van der Waals surface area contributed by atoms with E-state index in [1.807, 2.05) is 37.3 Å². The summed E-state index contributed by atoms with van der Waals surface area (Å²) in [6, 6.07) is 15.8. The Morgan fingerprint density at radius 3 is 2.38 bits per heavy atom. The van der Waals surface area contributed by atoms with E-state index < -0.39 is 6.04 Å². The number of amides is 1. The number of carbonyl (C=O) groups is 1. The third-order valence-electron chi connectivity index (χ3n) is 3.39. The van der Waals surface area contributed by atoms with Crippen LogP contribution in [0.1, 0.15) is 24.1 Å². The molecule has 4 heteroatoms. The number of aromatic hydroxyl groups is 1. The van der Waals surface area contributed by atoms with Gasteiger partial charge in [0.05, 0.1) is 12.1 Å². The molecule has 0 spiro atoms. The SMILES string of the molecule is CC(NC(=O)C(N)Cc1ccc(O)cc1)c1ccccc1. The summed E-state index contributed by atoms with van der Waals surface area (Å²) in [6.07, 6.45) is 0.438. The second kappa shape index (κ2) is 6.90. The highest BCUT2D eigenvalue weighted by Crippen LogP contribution is 2.13. The van der Waals surface area contributed by atoms with Gasteiger partial charge in [0.15, 0.2) is 0 Å². The van der Waals surface area contributed by atoms with Gasteiger partial charge in [-0.15, -0.1) is 0 Å². The van der Waals surface area contributed by atoms with Gasteiger partial charge in [0.25, 0.3) is 0 Å². The number of rotatable bonds is 5. The second-order valence-electron chi connectivity index (χ2n) is 5.12. The van der Waals surface area contributed by atoms with Gasteiger partial charge in [-0.05, 0) is 36.6 Å². The third kappa shape index (κ3) is 4.33. The van der Waals surface area contributed by atoms with Crippen molar-refractivity contribution in [2.24, 2.45) is 5.73 Å². The molecule has 2 aromatic carbocycles. The molecule has 1 amide bonds. The molecule has 0 aliphatic rings. The Kier molecular flexibility index (Phi) is 4.95. The fraction of sp³-hybridized carbons (Fsp3) is 0.235. The number of hydrogen-bond donors (Lipinski definition) is 3. The Morgan fingerprint density at radius 2 is 1.76 bits per heavy atom. The van der Waals surface area contributed by atoms with Crippen LogP contribution in [0.3, 0.4) is 0 Å². The average molecular weight is 284 g/mol. The number of nitrogens with two attached hydrogens (primary N) is 1. The minimum absolute atomic E-state index is 0.0791. The van der Waals surface area contributed by atoms with Crippen LogP contribution in [0.2, 0.25) is 0 Å². The van der Waals surface area contributed by atoms with E-state index in [1.54, 1.807) is 24.3 Å². The molecule has 0 aromatic heterocycles. The fourth-order valence-electron chi connectivity index (χ4n) is 2.12. The van der Waals surface area contributed by atoms with Crippen molar-refractivity contribution in [2.45, 2.75) is 25.4 Å². The van der Waals surface area contributed by atoms with E-state index in [1.165, 1.54) is 0 Å². The predicted octanol–water partition coefficient (Wildman–Crippen LogP) is 2.14. The zero-order valence-corrected chi connectivity index (χ0v) is 12.0. The molecule has 2 rings (SSSR count). The summed E-state index contributed by atoms with van der Waals surface area (Å²) in [5.41, 5.74) is 7.90. The molecule has 21 heavy (non-hydrogen) atoms. The van der Waals surface area contributed by atoms with Crippen LogP contribution in [0.5, 0.6) is 5.75 Å². The quantitative estimate of drug-likeness (QED) is 0.787. The van der Waals surface area contributed by atoms with Crippen LogP contribution >= 0.6 is 0 Å². The Morgan fingerprint density at radius 1 is 1.14 bits per heavy atom. The maximum Gasteiger partial charge on any atom is 0.237 e. The minimum Gasteiger partial charge on any atom is -0.508 e. The van der Waals surface area contributed by atoms with Crippen molar-refractivity contribution in [1.29, 1.82) is 0 Å². The Labute approximate surface area is 124 Å². The molecule has 2 atom stereocenters. The van der Waals surface area contributed by atoms with Crippen LogP contribution < -0.4 is 11.1 Å². The molecule has 0 saturated carbocycles. The Hall–Kier alpha value is -2.33. The number of nitrogens with one attached hydrogen (secondary N) is 1. The van der Waals surface area contributed by atoms with Gasteiger partial charge in [0.2, 0.25) is 5.91 Å². The standard InChI is InChI=1S/C17H20N2O2/c1-12(14-5-3-2-4-6-14)19-17(21)16(18)11-13-7-9-15(20)10-8-13/h2-10,12,16,20H,11,18H2,1H3,(H,19,21). The smallest absolute Gasteiger partial charge is 0.237 e. The number of phenols is 1. The normalized spacial score (nSPS) is 13.4. The van der Waals surface area contributed by atoms with Gasteiger partial charge >= 0.3 is 0 Å². The van der Waals surface area contributed by atoms with Crippen LogP contribution in [0.25, 0.3) is 0 Å². The Bertz CT molecular complexity index is 581. The van der Waals surface area contributed by atoms with E-state index in [2.05, 4.69) is 5.32 Å². The van der Waals surface area contributed by atoms with Gasteiger partial charge in [0.1, 0.15) is 5.75 Å². The molecule has 0 aliphatic heterocycles. The molecule has 0 saturated heterocycles. The van der Waals surface area contributed by atoms with Crippen molar-refractivity contribution in [1.82, 2.24) is 5.32 Å². The molecule has 0 bridgehead atoms. The summed E-state index contributed by atoms with van der Waals surface area (Å²) < 4.78 is 0. The minimum atomic E-state index is -0.610. The molecular weight excluding hydrogens is 264 g/mol. The van der Waals surface area contributed by atoms with E-state index in [0.717, 1.165) is 11.1 Å². The summed E-state index contributed by atoms with van der Waals surface area (Å²) in [6.45, 7) is 1.93. The molecule has 4 N–H and O–H groups in total. The van der Waals surface area contributed by atoms with Gasteiger partial charge in [0, 0.05) is 0 Å². The fourth-order valence-corrected chi connectivity index (χ4v) is 2.12. The van der Waals surface area contributed by atoms with Gasteiger partial charge in [-0.1, -0.05) is 42.5 Å². The van der Waals surface area contributed by atoms with Crippen LogP contribution in [0.15, 0.2) is 54.6 Å². The molecule has 4 nitrogen and oxygen atoms in total. The lowest BCUT2D eigenvalue weighted by Crippen LogP contribution is -2.42. The number of benzene rings is 2. The van der Waals surface area contributed by atoms with Crippen LogP contribution in [0, 0.1) is 0 Å². The van der Waals surface area contributed by atoms with Crippen molar-refractivity contribution < 1.29 is 9.90 Å². The van der Waals surface area contributed by atoms with Crippen LogP contribution in [0.4, 0.5) is 0 Å². The second-order valence-corrected chi connectivity index (χ2v) is 5.12. The van der Waals surface area contributed by atoms with Crippen molar-refractivity contribution in [3.8, 4) is 5.75 Å². The molecular formula is C17H20N2O2. The van der Waals surface area contributed by atoms with E-state index >= 15 is 0 Å². The lowest BCUT2D eigenvalue weighted by Gasteiger charge is -2.18. The first-order chi connectivity index (χ1) is 10.1. The molecule has 2 aromatic rings. The average Bonchev–Trinajstić information content (AvgIpc) is 2.50. The largest absolute Gasteiger partial charge is 0.508 e. The predicted molar refractivity (Wildman–Crippen MR) is 82.8 cm³/mol. The molecule has 0 aliphatic carbocycles. The van der Waals surface area contributed by atoms with Crippen molar-refractivity contribution >= 4 is 5.91 Å². The molecule has 110 valence electrons. The maximum absolute atomic E-state index is 12.1.